The first-order chi connectivity index (χ1) is 15.3. The average Bonchev–Trinajstić information content (AvgIpc) is 2.75. The van der Waals surface area contributed by atoms with Gasteiger partial charge in [-0.05, 0) is 56.7 Å². The molecule has 0 atom stereocenters. The van der Waals surface area contributed by atoms with Crippen LogP contribution in [-0.2, 0) is 14.9 Å². The van der Waals surface area contributed by atoms with Crippen molar-refractivity contribution in [1.82, 2.24) is 9.78 Å². The number of carbonyl (C=O) groups excluding carboxylic acids is 1. The minimum Gasteiger partial charge on any atom is -0.494 e. The minimum absolute atomic E-state index is 0.0229. The second kappa shape index (κ2) is 9.65. The van der Waals surface area contributed by atoms with Crippen LogP contribution in [0.4, 0.5) is 0 Å². The van der Waals surface area contributed by atoms with E-state index in [1.807, 2.05) is 0 Å². The lowest BCUT2D eigenvalue weighted by atomic mass is 10.2. The Morgan fingerprint density at radius 3 is 2.34 bits per heavy atom. The molecule has 3 rings (SSSR count). The molecule has 3 aromatic rings. The number of rotatable bonds is 8. The van der Waals surface area contributed by atoms with E-state index in [9.17, 15) is 18.0 Å². The molecule has 0 amide bonds. The SMILES string of the molecule is CCOC(=O)c1nn(-c2ccccc2C)c(=O)cc1OS(=O)(=O)c1ccc(OCC)cc1. The third-order valence-electron chi connectivity index (χ3n) is 4.33. The zero-order chi connectivity index (χ0) is 23.3. The van der Waals surface area contributed by atoms with E-state index in [-0.39, 0.29) is 11.5 Å². The summed E-state index contributed by atoms with van der Waals surface area (Å²) in [6.07, 6.45) is 0. The van der Waals surface area contributed by atoms with Gasteiger partial charge in [-0.25, -0.2) is 4.79 Å². The quantitative estimate of drug-likeness (QED) is 0.374. The molecule has 1 aromatic heterocycles. The number of aryl methyl sites for hydroxylation is 1. The molecule has 168 valence electrons. The smallest absolute Gasteiger partial charge is 0.362 e. The summed E-state index contributed by atoms with van der Waals surface area (Å²) in [6.45, 7) is 5.61. The van der Waals surface area contributed by atoms with Crippen LogP contribution in [0.1, 0.15) is 29.9 Å². The van der Waals surface area contributed by atoms with Gasteiger partial charge in [0.2, 0.25) is 5.69 Å². The van der Waals surface area contributed by atoms with Crippen LogP contribution in [0.15, 0.2) is 64.3 Å². The fraction of sp³-hybridized carbons (Fsp3) is 0.227. The van der Waals surface area contributed by atoms with E-state index in [1.54, 1.807) is 45.0 Å². The van der Waals surface area contributed by atoms with Crippen molar-refractivity contribution >= 4 is 16.1 Å². The van der Waals surface area contributed by atoms with Gasteiger partial charge in [-0.1, -0.05) is 18.2 Å². The molecular formula is C22H22N2O7S. The van der Waals surface area contributed by atoms with Gasteiger partial charge in [0.05, 0.1) is 25.0 Å². The predicted molar refractivity (Wildman–Crippen MR) is 116 cm³/mol. The Hall–Kier alpha value is -3.66. The van der Waals surface area contributed by atoms with Crippen LogP contribution in [0.25, 0.3) is 5.69 Å². The Labute approximate surface area is 185 Å². The van der Waals surface area contributed by atoms with Crippen LogP contribution in [0, 0.1) is 6.92 Å². The second-order valence-corrected chi connectivity index (χ2v) is 8.10. The van der Waals surface area contributed by atoms with Crippen molar-refractivity contribution < 1.29 is 26.9 Å². The highest BCUT2D eigenvalue weighted by Crippen LogP contribution is 2.23. The number of esters is 1. The molecule has 0 saturated carbocycles. The molecule has 0 aliphatic carbocycles. The maximum Gasteiger partial charge on any atom is 0.362 e. The van der Waals surface area contributed by atoms with Gasteiger partial charge in [0, 0.05) is 0 Å². The molecule has 32 heavy (non-hydrogen) atoms. The van der Waals surface area contributed by atoms with Crippen LogP contribution in [-0.4, -0.2) is 37.4 Å². The molecule has 0 N–H and O–H groups in total. The lowest BCUT2D eigenvalue weighted by Gasteiger charge is -2.13. The van der Waals surface area contributed by atoms with Gasteiger partial charge in [0.25, 0.3) is 5.56 Å². The van der Waals surface area contributed by atoms with E-state index >= 15 is 0 Å². The van der Waals surface area contributed by atoms with E-state index in [0.717, 1.165) is 16.3 Å². The fourth-order valence-electron chi connectivity index (χ4n) is 2.85. The monoisotopic (exact) mass is 458 g/mol. The summed E-state index contributed by atoms with van der Waals surface area (Å²) >= 11 is 0. The second-order valence-electron chi connectivity index (χ2n) is 6.56. The molecule has 0 spiro atoms. The highest BCUT2D eigenvalue weighted by atomic mass is 32.2. The summed E-state index contributed by atoms with van der Waals surface area (Å²) in [5.74, 6) is -0.958. The number of carbonyl (C=O) groups is 1. The first-order valence-corrected chi connectivity index (χ1v) is 11.2. The molecule has 0 bridgehead atoms. The van der Waals surface area contributed by atoms with Crippen LogP contribution in [0.5, 0.6) is 11.5 Å². The highest BCUT2D eigenvalue weighted by molar-refractivity contribution is 7.87. The zero-order valence-electron chi connectivity index (χ0n) is 17.8. The fourth-order valence-corrected chi connectivity index (χ4v) is 3.78. The molecule has 0 saturated heterocycles. The van der Waals surface area contributed by atoms with E-state index in [4.69, 9.17) is 13.7 Å². The first-order valence-electron chi connectivity index (χ1n) is 9.81. The summed E-state index contributed by atoms with van der Waals surface area (Å²) in [6, 6.07) is 13.4. The third kappa shape index (κ3) is 4.97. The molecule has 0 aliphatic heterocycles. The van der Waals surface area contributed by atoms with E-state index < -0.39 is 33.1 Å². The van der Waals surface area contributed by atoms with E-state index in [2.05, 4.69) is 5.10 Å². The Morgan fingerprint density at radius 2 is 1.72 bits per heavy atom. The van der Waals surface area contributed by atoms with Gasteiger partial charge in [-0.2, -0.15) is 18.2 Å². The van der Waals surface area contributed by atoms with Gasteiger partial charge in [-0.15, -0.1) is 0 Å². The summed E-state index contributed by atoms with van der Waals surface area (Å²) in [5, 5.41) is 4.06. The van der Waals surface area contributed by atoms with Gasteiger partial charge in [0.15, 0.2) is 5.75 Å². The average molecular weight is 458 g/mol. The van der Waals surface area contributed by atoms with Crippen molar-refractivity contribution in [3.63, 3.8) is 0 Å². The van der Waals surface area contributed by atoms with Gasteiger partial charge in [0.1, 0.15) is 10.6 Å². The summed E-state index contributed by atoms with van der Waals surface area (Å²) < 4.78 is 42.0. The molecule has 10 heteroatoms. The topological polar surface area (TPSA) is 114 Å². The minimum atomic E-state index is -4.37. The molecule has 0 aliphatic rings. The van der Waals surface area contributed by atoms with Gasteiger partial charge in [-0.3, -0.25) is 4.79 Å². The summed E-state index contributed by atoms with van der Waals surface area (Å²) in [7, 11) is -4.37. The van der Waals surface area contributed by atoms with Crippen molar-refractivity contribution in [2.24, 2.45) is 0 Å². The molecule has 1 heterocycles. The maximum atomic E-state index is 12.8. The van der Waals surface area contributed by atoms with Crippen LogP contribution < -0.4 is 14.5 Å². The Bertz CT molecular complexity index is 1280. The van der Waals surface area contributed by atoms with Gasteiger partial charge >= 0.3 is 16.1 Å². The molecule has 0 fully saturated rings. The van der Waals surface area contributed by atoms with Crippen molar-refractivity contribution in [3.05, 3.63) is 76.2 Å². The van der Waals surface area contributed by atoms with Crippen LogP contribution in [0.3, 0.4) is 0 Å². The number of hydrogen-bond donors (Lipinski definition) is 0. The van der Waals surface area contributed by atoms with E-state index in [0.29, 0.717) is 18.0 Å². The van der Waals surface area contributed by atoms with Crippen molar-refractivity contribution in [3.8, 4) is 17.2 Å². The number of nitrogens with zero attached hydrogens (tertiary/aromatic N) is 2. The summed E-state index contributed by atoms with van der Waals surface area (Å²) in [4.78, 5) is 25.0. The van der Waals surface area contributed by atoms with Crippen molar-refractivity contribution in [1.29, 1.82) is 0 Å². The van der Waals surface area contributed by atoms with Crippen LogP contribution in [0.2, 0.25) is 0 Å². The van der Waals surface area contributed by atoms with E-state index in [1.165, 1.54) is 24.3 Å². The molecule has 9 nitrogen and oxygen atoms in total. The molecule has 0 radical (unpaired) electrons. The van der Waals surface area contributed by atoms with Crippen molar-refractivity contribution in [2.45, 2.75) is 25.7 Å². The lowest BCUT2D eigenvalue weighted by Crippen LogP contribution is -2.26. The third-order valence-corrected chi connectivity index (χ3v) is 5.58. The summed E-state index contributed by atoms with van der Waals surface area (Å²) in [5.41, 5.74) is 0.0463. The zero-order valence-corrected chi connectivity index (χ0v) is 18.6. The number of hydrogen-bond acceptors (Lipinski definition) is 8. The Kier molecular flexibility index (Phi) is 6.94. The number of benzene rings is 2. The molecular weight excluding hydrogens is 436 g/mol. The largest absolute Gasteiger partial charge is 0.494 e. The molecule has 2 aromatic carbocycles. The number of aromatic nitrogens is 2. The number of para-hydroxylation sites is 1. The maximum absolute atomic E-state index is 12.8. The highest BCUT2D eigenvalue weighted by Gasteiger charge is 2.25. The molecule has 0 unspecified atom stereocenters. The van der Waals surface area contributed by atoms with Crippen molar-refractivity contribution in [2.75, 3.05) is 13.2 Å². The standard InChI is InChI=1S/C22H22N2O7S/c1-4-29-16-10-12-17(13-11-16)32(27,28)31-19-14-20(25)24(18-9-7-6-8-15(18)3)23-21(19)22(26)30-5-2/h6-14H,4-5H2,1-3H3. The Morgan fingerprint density at radius 1 is 1.03 bits per heavy atom. The van der Waals surface area contributed by atoms with Gasteiger partial charge < -0.3 is 13.7 Å². The van der Waals surface area contributed by atoms with Crippen LogP contribution >= 0.6 is 0 Å². The lowest BCUT2D eigenvalue weighted by molar-refractivity contribution is 0.0515. The Balaban J connectivity index is 2.07. The normalized spacial score (nSPS) is 11.1. The first kappa shape index (κ1) is 23.0. The predicted octanol–water partition coefficient (Wildman–Crippen LogP) is 2.88. The number of ether oxygens (including phenoxy) is 2.